The average molecular weight is 414 g/mol. The SMILES string of the molecule is N#CC#N.[NH2-].[NH2-].[NH2-].[NH2-].[NH2-].[NH2-].[NH2-].[NH2-].[NH2-].[NH2-].[Ru+5].[Ru+5]. The van der Waals surface area contributed by atoms with E-state index in [-0.39, 0.29) is 100 Å². The summed E-state index contributed by atoms with van der Waals surface area (Å²) in [7, 11) is 0. The fraction of sp³-hybridized carbons (Fsp3) is 0. The van der Waals surface area contributed by atoms with Crippen LogP contribution in [0.2, 0.25) is 0 Å². The van der Waals surface area contributed by atoms with E-state index in [4.69, 9.17) is 10.5 Å². The van der Waals surface area contributed by atoms with Crippen LogP contribution in [-0.2, 0) is 39.0 Å². The van der Waals surface area contributed by atoms with Gasteiger partial charge in [0.05, 0.1) is 0 Å². The Balaban J connectivity index is -0.000000000682. The second-order valence-corrected chi connectivity index (χ2v) is 0.224. The van der Waals surface area contributed by atoms with Crippen LogP contribution >= 0.6 is 0 Å². The maximum atomic E-state index is 7.26. The van der Waals surface area contributed by atoms with Gasteiger partial charge in [-0.2, -0.15) is 10.5 Å². The van der Waals surface area contributed by atoms with Crippen LogP contribution in [0, 0.1) is 22.7 Å². The van der Waals surface area contributed by atoms with Gasteiger partial charge in [0, 0.05) is 0 Å². The molecule has 0 atom stereocenters. The predicted molar refractivity (Wildman–Crippen MR) is 64.1 cm³/mol. The zero-order valence-electron chi connectivity index (χ0n) is 8.38. The van der Waals surface area contributed by atoms with Crippen molar-refractivity contribution in [1.82, 2.24) is 0 Å². The van der Waals surface area contributed by atoms with Crippen molar-refractivity contribution in [1.29, 1.82) is 10.5 Å². The zero-order valence-corrected chi connectivity index (χ0v) is 11.9. The topological polar surface area (TPSA) is 383 Å². The van der Waals surface area contributed by atoms with Gasteiger partial charge < -0.3 is 61.5 Å². The van der Waals surface area contributed by atoms with Crippen molar-refractivity contribution in [2.45, 2.75) is 0 Å². The second-order valence-electron chi connectivity index (χ2n) is 0.224. The molecule has 0 aromatic heterocycles. The molecule has 0 saturated heterocycles. The van der Waals surface area contributed by atoms with Gasteiger partial charge in [-0.25, -0.2) is 0 Å². The maximum Gasteiger partial charge on any atom is 5.00 e. The van der Waals surface area contributed by atoms with Crippen LogP contribution in [-0.4, -0.2) is 0 Å². The number of nitrogens with two attached hydrogens (primary N) is 10. The normalized spacial score (nSPS) is 0.625. The Morgan fingerprint density at radius 2 is 0.438 bits per heavy atom. The molecule has 0 aliphatic carbocycles. The van der Waals surface area contributed by atoms with Gasteiger partial charge in [0.15, 0.2) is 12.1 Å². The van der Waals surface area contributed by atoms with Crippen molar-refractivity contribution in [3.05, 3.63) is 61.5 Å². The molecule has 0 aromatic carbocycles. The van der Waals surface area contributed by atoms with Gasteiger partial charge in [-0.15, -0.1) is 0 Å². The second kappa shape index (κ2) is 849. The minimum atomic E-state index is 0. The number of hydrogen-bond acceptors (Lipinski definition) is 2. The summed E-state index contributed by atoms with van der Waals surface area (Å²) in [5.74, 6) is 0. The Morgan fingerprint density at radius 3 is 0.438 bits per heavy atom. The summed E-state index contributed by atoms with van der Waals surface area (Å²) >= 11 is 0. The first-order valence-corrected chi connectivity index (χ1v) is 0.697. The minimum Gasteiger partial charge on any atom is -0.693 e. The monoisotopic (exact) mass is 416 g/mol. The molecule has 0 amide bonds. The van der Waals surface area contributed by atoms with Gasteiger partial charge in [-0.05, 0) is 0 Å². The van der Waals surface area contributed by atoms with Gasteiger partial charge in [-0.1, -0.05) is 0 Å². The van der Waals surface area contributed by atoms with E-state index in [2.05, 4.69) is 0 Å². The standard InChI is InChI=1S/C2N2.10H2N.2Ru/c3-1-2-4;;;;;;;;;;;;/h;10*1H2;;/q;10*-1;2*+5. The molecule has 2 radical (unpaired) electrons. The predicted octanol–water partition coefficient (Wildman–Crippen LogP) is 7.20. The zero-order chi connectivity index (χ0) is 3.41. The smallest absolute Gasteiger partial charge is 0.693 e. The van der Waals surface area contributed by atoms with Crippen molar-refractivity contribution in [3.63, 3.8) is 0 Å². The summed E-state index contributed by atoms with van der Waals surface area (Å²) in [5, 5.41) is 14.5. The van der Waals surface area contributed by atoms with E-state index in [1.165, 1.54) is 12.1 Å². The molecule has 0 spiro atoms. The molecule has 0 rings (SSSR count). The van der Waals surface area contributed by atoms with Gasteiger partial charge in [0.2, 0.25) is 0 Å². The van der Waals surface area contributed by atoms with Crippen LogP contribution in [0.15, 0.2) is 0 Å². The van der Waals surface area contributed by atoms with Crippen molar-refractivity contribution >= 4 is 0 Å². The fourth-order valence-electron chi connectivity index (χ4n) is 0. The molecule has 0 aliphatic heterocycles. The van der Waals surface area contributed by atoms with Crippen molar-refractivity contribution in [2.24, 2.45) is 0 Å². The molecule has 0 fully saturated rings. The van der Waals surface area contributed by atoms with E-state index in [0.29, 0.717) is 0 Å². The first kappa shape index (κ1) is 435. The molecular weight excluding hydrogens is 394 g/mol. The van der Waals surface area contributed by atoms with E-state index in [1.807, 2.05) is 0 Å². The van der Waals surface area contributed by atoms with Crippen molar-refractivity contribution in [3.8, 4) is 12.1 Å². The van der Waals surface area contributed by atoms with Crippen LogP contribution in [0.25, 0.3) is 61.5 Å². The summed E-state index contributed by atoms with van der Waals surface area (Å²) in [6.07, 6.45) is 0. The fourth-order valence-corrected chi connectivity index (χ4v) is 0. The Labute approximate surface area is 123 Å². The molecule has 0 bridgehead atoms. The summed E-state index contributed by atoms with van der Waals surface area (Å²) in [4.78, 5) is 0. The Kier molecular flexibility index (Phi) is 23100. The molecule has 0 saturated carbocycles. The van der Waals surface area contributed by atoms with E-state index in [0.717, 1.165) is 0 Å². The van der Waals surface area contributed by atoms with Crippen molar-refractivity contribution in [2.75, 3.05) is 0 Å². The third kappa shape index (κ3) is 3330. The molecule has 0 aliphatic rings. The van der Waals surface area contributed by atoms with Gasteiger partial charge >= 0.3 is 39.0 Å². The van der Waals surface area contributed by atoms with Crippen LogP contribution in [0.5, 0.6) is 0 Å². The van der Waals surface area contributed by atoms with Gasteiger partial charge in [0.25, 0.3) is 0 Å². The Hall–Kier alpha value is -0.173. The molecule has 12 nitrogen and oxygen atoms in total. The average Bonchev–Trinajstić information content (AvgIpc) is 1.37. The van der Waals surface area contributed by atoms with E-state index in [9.17, 15) is 0 Å². The van der Waals surface area contributed by atoms with E-state index >= 15 is 0 Å². The summed E-state index contributed by atoms with van der Waals surface area (Å²) in [6.45, 7) is 0. The summed E-state index contributed by atoms with van der Waals surface area (Å²) in [6, 6.07) is 2.47. The van der Waals surface area contributed by atoms with Crippen LogP contribution in [0.4, 0.5) is 0 Å². The molecule has 104 valence electrons. The third-order valence-corrected chi connectivity index (χ3v) is 0.0500. The Bertz CT molecular complexity index is 72.0. The molecule has 20 N–H and O–H groups in total. The van der Waals surface area contributed by atoms with Gasteiger partial charge in [-0.3, -0.25) is 0 Å². The molecule has 0 heterocycles. The molecule has 14 heteroatoms. The van der Waals surface area contributed by atoms with E-state index < -0.39 is 0 Å². The summed E-state index contributed by atoms with van der Waals surface area (Å²) < 4.78 is 0. The number of rotatable bonds is 0. The maximum absolute atomic E-state index is 7.26. The first-order chi connectivity index (χ1) is 1.91. The molecule has 0 aromatic rings. The number of nitrogens with zero attached hydrogens (tertiary/aromatic N) is 2. The van der Waals surface area contributed by atoms with Gasteiger partial charge in [0.1, 0.15) is 0 Å². The van der Waals surface area contributed by atoms with E-state index in [1.54, 1.807) is 0 Å². The van der Waals surface area contributed by atoms with Crippen LogP contribution in [0.3, 0.4) is 0 Å². The molecular formula is C2H20N12Ru2. The molecule has 16 heavy (non-hydrogen) atoms. The summed E-state index contributed by atoms with van der Waals surface area (Å²) in [5.41, 5.74) is 0. The largest absolute Gasteiger partial charge is 5.00 e. The van der Waals surface area contributed by atoms with Crippen LogP contribution < -0.4 is 0 Å². The molecule has 0 unspecified atom stereocenters. The number of hydrogen-bond donors (Lipinski definition) is 0. The number of nitriles is 2. The van der Waals surface area contributed by atoms with Crippen LogP contribution in [0.1, 0.15) is 0 Å². The Morgan fingerprint density at radius 1 is 0.375 bits per heavy atom. The van der Waals surface area contributed by atoms with Crippen molar-refractivity contribution < 1.29 is 39.0 Å². The third-order valence-electron chi connectivity index (χ3n) is 0.0500. The quantitative estimate of drug-likeness (QED) is 0.370. The first-order valence-electron chi connectivity index (χ1n) is 0.697. The minimum absolute atomic E-state index is 0.